The molecule has 0 saturated heterocycles. The molecular formula is C13H15. The van der Waals surface area contributed by atoms with Crippen LogP contribution < -0.4 is 0 Å². The van der Waals surface area contributed by atoms with Gasteiger partial charge in [-0.05, 0) is 25.3 Å². The zero-order valence-corrected chi connectivity index (χ0v) is 7.82. The second-order valence-electron chi connectivity index (χ2n) is 2.83. The summed E-state index contributed by atoms with van der Waals surface area (Å²) in [5.74, 6) is 0. The molecule has 1 rings (SSSR count). The van der Waals surface area contributed by atoms with E-state index in [9.17, 15) is 0 Å². The van der Waals surface area contributed by atoms with Crippen molar-refractivity contribution >= 4 is 0 Å². The summed E-state index contributed by atoms with van der Waals surface area (Å²) in [4.78, 5) is 0. The SMILES string of the molecule is [C]1=CCCC=CC=CC=CCC=C1. The average Bonchev–Trinajstić information content (AvgIpc) is 2.18. The molecule has 0 aliphatic heterocycles. The summed E-state index contributed by atoms with van der Waals surface area (Å²) in [6.07, 6.45) is 25.0. The fourth-order valence-electron chi connectivity index (χ4n) is 1.01. The first-order valence-corrected chi connectivity index (χ1v) is 4.71. The van der Waals surface area contributed by atoms with Gasteiger partial charge in [-0.1, -0.05) is 54.7 Å². The molecule has 0 unspecified atom stereocenters. The summed E-state index contributed by atoms with van der Waals surface area (Å²) in [5.41, 5.74) is 0. The van der Waals surface area contributed by atoms with Gasteiger partial charge in [0.25, 0.3) is 0 Å². The van der Waals surface area contributed by atoms with Crippen LogP contribution in [0.25, 0.3) is 0 Å². The smallest absolute Gasteiger partial charge is 0.0163 e. The topological polar surface area (TPSA) is 0 Å². The minimum absolute atomic E-state index is 0.981. The molecule has 13 heavy (non-hydrogen) atoms. The molecule has 0 amide bonds. The quantitative estimate of drug-likeness (QED) is 0.520. The molecule has 0 saturated carbocycles. The monoisotopic (exact) mass is 171 g/mol. The first-order chi connectivity index (χ1) is 6.50. The molecule has 1 aliphatic rings. The van der Waals surface area contributed by atoms with Gasteiger partial charge in [0.15, 0.2) is 0 Å². The van der Waals surface area contributed by atoms with Crippen LogP contribution in [-0.4, -0.2) is 0 Å². The third-order valence-electron chi connectivity index (χ3n) is 1.69. The zero-order chi connectivity index (χ0) is 9.19. The highest BCUT2D eigenvalue weighted by molar-refractivity contribution is 5.12. The Balaban J connectivity index is 2.49. The normalized spacial score (nSPS) is 17.8. The maximum Gasteiger partial charge on any atom is -0.0163 e. The Morgan fingerprint density at radius 3 is 2.54 bits per heavy atom. The van der Waals surface area contributed by atoms with Crippen molar-refractivity contribution in [2.24, 2.45) is 0 Å². The third-order valence-corrected chi connectivity index (χ3v) is 1.69. The second-order valence-corrected chi connectivity index (χ2v) is 2.83. The molecule has 0 aromatic heterocycles. The van der Waals surface area contributed by atoms with Crippen molar-refractivity contribution in [2.45, 2.75) is 19.3 Å². The lowest BCUT2D eigenvalue weighted by Crippen LogP contribution is -1.63. The summed E-state index contributed by atoms with van der Waals surface area (Å²) >= 11 is 0. The Hall–Kier alpha value is -1.30. The molecule has 67 valence electrons. The van der Waals surface area contributed by atoms with Crippen molar-refractivity contribution < 1.29 is 0 Å². The molecule has 0 bridgehead atoms. The first kappa shape index (κ1) is 9.79. The number of allylic oxidation sites excluding steroid dienone is 10. The van der Waals surface area contributed by atoms with Crippen molar-refractivity contribution in [3.63, 3.8) is 0 Å². The van der Waals surface area contributed by atoms with Gasteiger partial charge < -0.3 is 0 Å². The molecular weight excluding hydrogens is 156 g/mol. The van der Waals surface area contributed by atoms with E-state index in [1.807, 2.05) is 6.08 Å². The zero-order valence-electron chi connectivity index (χ0n) is 7.82. The van der Waals surface area contributed by atoms with E-state index in [2.05, 4.69) is 54.7 Å². The van der Waals surface area contributed by atoms with Crippen molar-refractivity contribution in [1.82, 2.24) is 0 Å². The second kappa shape index (κ2) is 7.35. The van der Waals surface area contributed by atoms with Crippen LogP contribution in [0.5, 0.6) is 0 Å². The largest absolute Gasteiger partial charge is 0.0842 e. The maximum absolute atomic E-state index is 3.13. The molecule has 0 fully saturated rings. The highest BCUT2D eigenvalue weighted by atomic mass is 13.8. The van der Waals surface area contributed by atoms with Gasteiger partial charge >= 0.3 is 0 Å². The van der Waals surface area contributed by atoms with E-state index in [-0.39, 0.29) is 0 Å². The average molecular weight is 171 g/mol. The summed E-state index contributed by atoms with van der Waals surface area (Å²) in [5, 5.41) is 0. The highest BCUT2D eigenvalue weighted by Gasteiger charge is 1.75. The predicted molar refractivity (Wildman–Crippen MR) is 58.2 cm³/mol. The Labute approximate surface area is 80.7 Å². The summed E-state index contributed by atoms with van der Waals surface area (Å²) in [7, 11) is 0. The van der Waals surface area contributed by atoms with Crippen molar-refractivity contribution in [3.8, 4) is 0 Å². The van der Waals surface area contributed by atoms with Crippen LogP contribution in [0.15, 0.2) is 54.7 Å². The van der Waals surface area contributed by atoms with Crippen LogP contribution in [-0.2, 0) is 0 Å². The highest BCUT2D eigenvalue weighted by Crippen LogP contribution is 1.95. The van der Waals surface area contributed by atoms with E-state index in [0.717, 1.165) is 19.3 Å². The molecule has 0 heteroatoms. The van der Waals surface area contributed by atoms with E-state index in [0.29, 0.717) is 0 Å². The van der Waals surface area contributed by atoms with E-state index < -0.39 is 0 Å². The standard InChI is InChI=1S/C13H15/c1-2-4-6-8-10-12-13-11-9-7-5-3-1/h1-6,9,11-12H,7-8,10H2. The van der Waals surface area contributed by atoms with Crippen LogP contribution >= 0.6 is 0 Å². The molecule has 0 nitrogen and oxygen atoms in total. The van der Waals surface area contributed by atoms with Gasteiger partial charge in [0.1, 0.15) is 0 Å². The lowest BCUT2D eigenvalue weighted by atomic mass is 10.2. The summed E-state index contributed by atoms with van der Waals surface area (Å²) in [6, 6.07) is 0. The molecule has 0 atom stereocenters. The molecule has 1 aliphatic carbocycles. The van der Waals surface area contributed by atoms with Crippen LogP contribution in [0.2, 0.25) is 0 Å². The van der Waals surface area contributed by atoms with Crippen LogP contribution in [0.3, 0.4) is 0 Å². The van der Waals surface area contributed by atoms with Crippen LogP contribution in [0.1, 0.15) is 19.3 Å². The van der Waals surface area contributed by atoms with E-state index in [1.165, 1.54) is 0 Å². The van der Waals surface area contributed by atoms with Gasteiger partial charge in [-0.25, -0.2) is 0 Å². The molecule has 0 spiro atoms. The fraction of sp³-hybridized carbons (Fsp3) is 0.231. The van der Waals surface area contributed by atoms with Crippen molar-refractivity contribution in [2.75, 3.05) is 0 Å². The first-order valence-electron chi connectivity index (χ1n) is 4.71. The molecule has 1 radical (unpaired) electrons. The molecule has 0 aromatic rings. The number of rotatable bonds is 0. The van der Waals surface area contributed by atoms with E-state index in [1.54, 1.807) is 0 Å². The van der Waals surface area contributed by atoms with Crippen LogP contribution in [0.4, 0.5) is 0 Å². The minimum Gasteiger partial charge on any atom is -0.0842 e. The summed E-state index contributed by atoms with van der Waals surface area (Å²) in [6.45, 7) is 0. The Kier molecular flexibility index (Phi) is 5.54. The Bertz CT molecular complexity index is 249. The van der Waals surface area contributed by atoms with Gasteiger partial charge in [-0.3, -0.25) is 0 Å². The fourth-order valence-corrected chi connectivity index (χ4v) is 1.01. The number of hydrogen-bond acceptors (Lipinski definition) is 0. The van der Waals surface area contributed by atoms with Crippen molar-refractivity contribution in [1.29, 1.82) is 0 Å². The molecule has 0 aromatic carbocycles. The van der Waals surface area contributed by atoms with Crippen LogP contribution in [0, 0.1) is 6.08 Å². The predicted octanol–water partition coefficient (Wildman–Crippen LogP) is 3.75. The Morgan fingerprint density at radius 2 is 1.62 bits per heavy atom. The number of hydrogen-bond donors (Lipinski definition) is 0. The third kappa shape index (κ3) is 5.92. The van der Waals surface area contributed by atoms with Gasteiger partial charge in [-0.2, -0.15) is 0 Å². The Morgan fingerprint density at radius 1 is 0.769 bits per heavy atom. The van der Waals surface area contributed by atoms with Gasteiger partial charge in [0.05, 0.1) is 0 Å². The van der Waals surface area contributed by atoms with E-state index >= 15 is 0 Å². The lowest BCUT2D eigenvalue weighted by molar-refractivity contribution is 1.05. The van der Waals surface area contributed by atoms with Gasteiger partial charge in [-0.15, -0.1) is 0 Å². The molecule has 0 heterocycles. The minimum atomic E-state index is 0.981. The van der Waals surface area contributed by atoms with Crippen molar-refractivity contribution in [3.05, 3.63) is 60.8 Å². The summed E-state index contributed by atoms with van der Waals surface area (Å²) < 4.78 is 0. The maximum atomic E-state index is 3.13. The van der Waals surface area contributed by atoms with Gasteiger partial charge in [0.2, 0.25) is 0 Å². The van der Waals surface area contributed by atoms with Gasteiger partial charge in [0, 0.05) is 0 Å². The molecule has 0 N–H and O–H groups in total. The van der Waals surface area contributed by atoms with E-state index in [4.69, 9.17) is 0 Å². The lowest BCUT2D eigenvalue weighted by Gasteiger charge is -1.82.